The van der Waals surface area contributed by atoms with Crippen LogP contribution in [0.15, 0.2) is 0 Å². The average Bonchev–Trinajstić information content (AvgIpc) is 2.81. The van der Waals surface area contributed by atoms with E-state index >= 15 is 0 Å². The smallest absolute Gasteiger partial charge is 0.168 e. The van der Waals surface area contributed by atoms with Crippen molar-refractivity contribution in [2.75, 3.05) is 13.2 Å². The fourth-order valence-corrected chi connectivity index (χ4v) is 3.55. The summed E-state index contributed by atoms with van der Waals surface area (Å²) in [5.41, 5.74) is 0. The van der Waals surface area contributed by atoms with Crippen LogP contribution in [-0.2, 0) is 9.47 Å². The van der Waals surface area contributed by atoms with Gasteiger partial charge in [0.2, 0.25) is 0 Å². The van der Waals surface area contributed by atoms with Gasteiger partial charge < -0.3 is 9.47 Å². The monoisotopic (exact) mass is 250 g/mol. The molecule has 0 aromatic carbocycles. The highest BCUT2D eigenvalue weighted by Gasteiger charge is 2.65. The molecule has 2 atom stereocenters. The third-order valence-corrected chi connectivity index (χ3v) is 5.15. The second kappa shape index (κ2) is 3.49. The third kappa shape index (κ3) is 1.70. The molecule has 2 saturated carbocycles. The van der Waals surface area contributed by atoms with Gasteiger partial charge in [-0.15, -0.1) is 23.2 Å². The molecule has 0 radical (unpaired) electrons. The van der Waals surface area contributed by atoms with Crippen LogP contribution in [0.5, 0.6) is 0 Å². The van der Waals surface area contributed by atoms with E-state index in [-0.39, 0.29) is 17.6 Å². The van der Waals surface area contributed by atoms with E-state index in [1.165, 1.54) is 19.3 Å². The van der Waals surface area contributed by atoms with Crippen molar-refractivity contribution in [1.82, 2.24) is 0 Å². The Balaban J connectivity index is 1.67. The molecule has 15 heavy (non-hydrogen) atoms. The molecule has 86 valence electrons. The number of halogens is 2. The molecule has 2 aliphatic carbocycles. The highest BCUT2D eigenvalue weighted by Crippen LogP contribution is 2.61. The van der Waals surface area contributed by atoms with Gasteiger partial charge >= 0.3 is 0 Å². The van der Waals surface area contributed by atoms with Gasteiger partial charge in [-0.3, -0.25) is 0 Å². The fraction of sp³-hybridized carbons (Fsp3) is 1.00. The molecule has 4 heteroatoms. The van der Waals surface area contributed by atoms with Gasteiger partial charge in [0.1, 0.15) is 4.33 Å². The summed E-state index contributed by atoms with van der Waals surface area (Å²) in [7, 11) is 0. The highest BCUT2D eigenvalue weighted by molar-refractivity contribution is 6.51. The topological polar surface area (TPSA) is 18.5 Å². The minimum atomic E-state index is -0.587. The maximum absolute atomic E-state index is 6.12. The summed E-state index contributed by atoms with van der Waals surface area (Å²) in [4.78, 5) is 0. The van der Waals surface area contributed by atoms with Crippen LogP contribution in [0.1, 0.15) is 32.1 Å². The Morgan fingerprint density at radius 2 is 1.40 bits per heavy atom. The maximum Gasteiger partial charge on any atom is 0.168 e. The van der Waals surface area contributed by atoms with Gasteiger partial charge in [-0.05, 0) is 12.8 Å². The van der Waals surface area contributed by atoms with Crippen LogP contribution < -0.4 is 0 Å². The molecule has 3 fully saturated rings. The van der Waals surface area contributed by atoms with Crippen molar-refractivity contribution in [3.8, 4) is 0 Å². The second-order valence-electron chi connectivity index (χ2n) is 4.98. The number of alkyl halides is 2. The SMILES string of the molecule is ClC1(Cl)C2COC3(CCCCC3)OCC21. The molecule has 2 unspecified atom stereocenters. The molecule has 3 rings (SSSR count). The van der Waals surface area contributed by atoms with Crippen LogP contribution in [0.25, 0.3) is 0 Å². The molecule has 1 aliphatic heterocycles. The lowest BCUT2D eigenvalue weighted by molar-refractivity contribution is -0.246. The normalized spacial score (nSPS) is 42.0. The zero-order valence-corrected chi connectivity index (χ0v) is 10.2. The van der Waals surface area contributed by atoms with Crippen LogP contribution in [0.4, 0.5) is 0 Å². The molecule has 0 N–H and O–H groups in total. The van der Waals surface area contributed by atoms with Crippen molar-refractivity contribution in [2.24, 2.45) is 11.8 Å². The molecule has 0 aromatic heterocycles. The molecule has 0 amide bonds. The van der Waals surface area contributed by atoms with E-state index < -0.39 is 4.33 Å². The summed E-state index contributed by atoms with van der Waals surface area (Å²) >= 11 is 12.2. The second-order valence-corrected chi connectivity index (χ2v) is 6.43. The lowest BCUT2D eigenvalue weighted by Gasteiger charge is -2.36. The zero-order chi connectivity index (χ0) is 10.5. The molecule has 1 saturated heterocycles. The summed E-state index contributed by atoms with van der Waals surface area (Å²) in [6.07, 6.45) is 5.79. The van der Waals surface area contributed by atoms with E-state index in [9.17, 15) is 0 Å². The highest BCUT2D eigenvalue weighted by atomic mass is 35.5. The number of hydrogen-bond acceptors (Lipinski definition) is 2. The quantitative estimate of drug-likeness (QED) is 0.616. The lowest BCUT2D eigenvalue weighted by Crippen LogP contribution is -2.38. The minimum absolute atomic E-state index is 0.280. The van der Waals surface area contributed by atoms with Gasteiger partial charge in [0.05, 0.1) is 13.2 Å². The number of fused-ring (bicyclic) bond motifs is 1. The molecule has 0 bridgehead atoms. The van der Waals surface area contributed by atoms with Crippen molar-refractivity contribution in [3.63, 3.8) is 0 Å². The number of ether oxygens (including phenoxy) is 2. The van der Waals surface area contributed by atoms with Gasteiger partial charge in [-0.1, -0.05) is 6.42 Å². The zero-order valence-electron chi connectivity index (χ0n) is 8.68. The Hall–Kier alpha value is 0.500. The Morgan fingerprint density at radius 3 is 1.93 bits per heavy atom. The van der Waals surface area contributed by atoms with E-state index in [1.807, 2.05) is 0 Å². The molecule has 2 nitrogen and oxygen atoms in total. The maximum atomic E-state index is 6.12. The van der Waals surface area contributed by atoms with Crippen molar-refractivity contribution in [2.45, 2.75) is 42.2 Å². The van der Waals surface area contributed by atoms with Crippen molar-refractivity contribution in [3.05, 3.63) is 0 Å². The fourth-order valence-electron chi connectivity index (χ4n) is 2.82. The number of hydrogen-bond donors (Lipinski definition) is 0. The van der Waals surface area contributed by atoms with Gasteiger partial charge in [0.15, 0.2) is 5.79 Å². The molecule has 1 heterocycles. The molecule has 1 spiro atoms. The van der Waals surface area contributed by atoms with Crippen LogP contribution >= 0.6 is 23.2 Å². The first-order valence-corrected chi connectivity index (χ1v) is 6.55. The Morgan fingerprint density at radius 1 is 0.867 bits per heavy atom. The van der Waals surface area contributed by atoms with Gasteiger partial charge in [-0.2, -0.15) is 0 Å². The minimum Gasteiger partial charge on any atom is -0.350 e. The van der Waals surface area contributed by atoms with Crippen molar-refractivity contribution >= 4 is 23.2 Å². The van der Waals surface area contributed by atoms with Gasteiger partial charge in [0, 0.05) is 24.7 Å². The van der Waals surface area contributed by atoms with E-state index in [0.29, 0.717) is 13.2 Å². The van der Waals surface area contributed by atoms with Crippen LogP contribution in [0.2, 0.25) is 0 Å². The largest absolute Gasteiger partial charge is 0.350 e. The van der Waals surface area contributed by atoms with E-state index in [2.05, 4.69) is 0 Å². The standard InChI is InChI=1S/C11H16Cl2O2/c12-11(13)8-6-14-10(15-7-9(8)11)4-2-1-3-5-10/h8-9H,1-7H2. The summed E-state index contributed by atoms with van der Waals surface area (Å²) in [6.45, 7) is 1.33. The molecule has 0 aromatic rings. The van der Waals surface area contributed by atoms with Crippen molar-refractivity contribution < 1.29 is 9.47 Å². The molecular formula is C11H16Cl2O2. The van der Waals surface area contributed by atoms with Crippen molar-refractivity contribution in [1.29, 1.82) is 0 Å². The predicted octanol–water partition coefficient (Wildman–Crippen LogP) is 3.11. The predicted molar refractivity (Wildman–Crippen MR) is 59.1 cm³/mol. The van der Waals surface area contributed by atoms with Crippen LogP contribution in [0, 0.1) is 11.8 Å². The Bertz CT molecular complexity index is 243. The Kier molecular flexibility index (Phi) is 2.48. The van der Waals surface area contributed by atoms with E-state index in [0.717, 1.165) is 12.8 Å². The summed E-state index contributed by atoms with van der Waals surface area (Å²) < 4.78 is 11.3. The third-order valence-electron chi connectivity index (χ3n) is 4.03. The summed E-state index contributed by atoms with van der Waals surface area (Å²) in [6, 6.07) is 0. The first kappa shape index (κ1) is 10.6. The lowest BCUT2D eigenvalue weighted by atomic mass is 9.94. The first-order chi connectivity index (χ1) is 7.14. The number of rotatable bonds is 0. The van der Waals surface area contributed by atoms with Crippen LogP contribution in [-0.4, -0.2) is 23.3 Å². The molecular weight excluding hydrogens is 235 g/mol. The van der Waals surface area contributed by atoms with Gasteiger partial charge in [-0.25, -0.2) is 0 Å². The van der Waals surface area contributed by atoms with Gasteiger partial charge in [0.25, 0.3) is 0 Å². The van der Waals surface area contributed by atoms with E-state index in [4.69, 9.17) is 32.7 Å². The summed E-state index contributed by atoms with van der Waals surface area (Å²) in [5, 5.41) is 0. The van der Waals surface area contributed by atoms with Crippen LogP contribution in [0.3, 0.4) is 0 Å². The Labute approximate surface area is 100 Å². The summed E-state index contributed by atoms with van der Waals surface area (Å²) in [5.74, 6) is 0.263. The average molecular weight is 251 g/mol. The van der Waals surface area contributed by atoms with E-state index in [1.54, 1.807) is 0 Å². The molecule has 3 aliphatic rings. The first-order valence-electron chi connectivity index (χ1n) is 5.80.